The second-order valence-corrected chi connectivity index (χ2v) is 6.04. The van der Waals surface area contributed by atoms with E-state index < -0.39 is 0 Å². The summed E-state index contributed by atoms with van der Waals surface area (Å²) < 4.78 is 1.62. The van der Waals surface area contributed by atoms with Gasteiger partial charge in [0.1, 0.15) is 11.5 Å². The fraction of sp³-hybridized carbons (Fsp3) is 0.0417. The van der Waals surface area contributed by atoms with E-state index >= 15 is 0 Å². The van der Waals surface area contributed by atoms with Crippen LogP contribution in [0.15, 0.2) is 60.7 Å². The predicted molar refractivity (Wildman–Crippen MR) is 113 cm³/mol. The topological polar surface area (TPSA) is 63.9 Å². The Hall–Kier alpha value is -3.28. The molecule has 0 atom stereocenters. The van der Waals surface area contributed by atoms with Gasteiger partial charge in [0.15, 0.2) is 5.69 Å². The SMILES string of the molecule is Cn1c(=C=[N-])c(C#N)n/c1=C/C=c1ccc(=C2C=CC=C2)cc1.[CH]1[CH][CH-]C=C1.[Fe+2]. The van der Waals surface area contributed by atoms with Crippen LogP contribution in [0.4, 0.5) is 0 Å². The Kier molecular flexibility index (Phi) is 8.27. The van der Waals surface area contributed by atoms with E-state index in [4.69, 9.17) is 10.7 Å². The quantitative estimate of drug-likeness (QED) is 0.393. The van der Waals surface area contributed by atoms with Crippen LogP contribution in [0.1, 0.15) is 5.69 Å². The molecule has 2 aliphatic rings. The van der Waals surface area contributed by atoms with Crippen LogP contribution in [0.5, 0.6) is 0 Å². The average Bonchev–Trinajstić information content (AvgIpc) is 3.50. The first kappa shape index (κ1) is 22.0. The molecule has 0 spiro atoms. The third-order valence-electron chi connectivity index (χ3n) is 4.23. The molecule has 1 heterocycles. The van der Waals surface area contributed by atoms with E-state index in [1.165, 1.54) is 10.8 Å². The summed E-state index contributed by atoms with van der Waals surface area (Å²) in [4.78, 5) is 4.16. The minimum Gasteiger partial charge on any atom is -0.761 e. The molecule has 0 saturated carbocycles. The second kappa shape index (κ2) is 10.9. The minimum absolute atomic E-state index is 0. The van der Waals surface area contributed by atoms with Gasteiger partial charge in [-0.2, -0.15) is 5.26 Å². The maximum Gasteiger partial charge on any atom is 2.00 e. The van der Waals surface area contributed by atoms with Crippen molar-refractivity contribution in [3.8, 4) is 6.07 Å². The van der Waals surface area contributed by atoms with Crippen LogP contribution in [0, 0.1) is 30.6 Å². The number of nitriles is 1. The van der Waals surface area contributed by atoms with Crippen LogP contribution in [0.25, 0.3) is 23.1 Å². The van der Waals surface area contributed by atoms with Gasteiger partial charge in [-0.3, -0.25) is 0 Å². The minimum atomic E-state index is 0. The first-order valence-electron chi connectivity index (χ1n) is 8.76. The van der Waals surface area contributed by atoms with Gasteiger partial charge in [-0.1, -0.05) is 54.6 Å². The van der Waals surface area contributed by atoms with Crippen molar-refractivity contribution in [3.63, 3.8) is 0 Å². The molecule has 0 bridgehead atoms. The van der Waals surface area contributed by atoms with E-state index in [1.807, 2.05) is 73.7 Å². The van der Waals surface area contributed by atoms with Gasteiger partial charge in [0.05, 0.1) is 5.35 Å². The molecule has 0 unspecified atom stereocenters. The van der Waals surface area contributed by atoms with Crippen LogP contribution in [-0.2, 0) is 24.1 Å². The van der Waals surface area contributed by atoms with Gasteiger partial charge in [0, 0.05) is 7.05 Å². The van der Waals surface area contributed by atoms with Crippen LogP contribution < -0.4 is 21.3 Å². The van der Waals surface area contributed by atoms with Crippen LogP contribution in [0.2, 0.25) is 0 Å². The summed E-state index contributed by atoms with van der Waals surface area (Å²) in [7, 11) is 1.73. The number of aromatic nitrogens is 2. The zero-order valence-electron chi connectivity index (χ0n) is 15.8. The molecule has 1 aromatic heterocycles. The van der Waals surface area contributed by atoms with Gasteiger partial charge >= 0.3 is 17.1 Å². The number of rotatable bonds is 1. The smallest absolute Gasteiger partial charge is 0.761 e. The molecule has 2 aliphatic carbocycles. The van der Waals surface area contributed by atoms with Crippen molar-refractivity contribution in [3.05, 3.63) is 112 Å². The molecule has 29 heavy (non-hydrogen) atoms. The average molecular weight is 418 g/mol. The number of benzene rings is 1. The molecule has 5 heteroatoms. The Morgan fingerprint density at radius 3 is 2.31 bits per heavy atom. The summed E-state index contributed by atoms with van der Waals surface area (Å²) in [5, 5.41) is 20.5. The van der Waals surface area contributed by atoms with Crippen molar-refractivity contribution in [2.75, 3.05) is 0 Å². The van der Waals surface area contributed by atoms with Crippen LogP contribution in [-0.4, -0.2) is 15.4 Å². The molecular weight excluding hydrogens is 400 g/mol. The molecule has 0 N–H and O–H groups in total. The summed E-state index contributed by atoms with van der Waals surface area (Å²) in [6.45, 7) is 0. The second-order valence-electron chi connectivity index (χ2n) is 6.04. The molecule has 2 aromatic rings. The van der Waals surface area contributed by atoms with Gasteiger partial charge in [-0.05, 0) is 22.1 Å². The van der Waals surface area contributed by atoms with Crippen molar-refractivity contribution in [1.29, 1.82) is 5.26 Å². The Morgan fingerprint density at radius 2 is 1.83 bits per heavy atom. The maximum atomic E-state index is 9.06. The third kappa shape index (κ3) is 5.60. The normalized spacial score (nSPS) is 13.8. The third-order valence-corrected chi connectivity index (χ3v) is 4.23. The summed E-state index contributed by atoms with van der Waals surface area (Å²) in [5.41, 5.74) is 1.93. The first-order valence-corrected chi connectivity index (χ1v) is 8.76. The Morgan fingerprint density at radius 1 is 1.10 bits per heavy atom. The molecule has 1 aromatic carbocycles. The van der Waals surface area contributed by atoms with Gasteiger partial charge in [-0.25, -0.2) is 29.4 Å². The summed E-state index contributed by atoms with van der Waals surface area (Å²) in [5.74, 6) is 2.00. The Balaban J connectivity index is 0.000000437. The summed E-state index contributed by atoms with van der Waals surface area (Å²) in [6.07, 6.45) is 21.9. The monoisotopic (exact) mass is 418 g/mol. The van der Waals surface area contributed by atoms with E-state index in [0.29, 0.717) is 5.48 Å². The van der Waals surface area contributed by atoms with Gasteiger partial charge in [0.25, 0.3) is 0 Å². The predicted octanol–water partition coefficient (Wildman–Crippen LogP) is 0.907. The summed E-state index contributed by atoms with van der Waals surface area (Å²) >= 11 is 0. The van der Waals surface area contributed by atoms with Crippen molar-refractivity contribution in [2.24, 2.45) is 7.05 Å². The molecular formula is C24H18FeN4. The van der Waals surface area contributed by atoms with E-state index in [0.717, 1.165) is 5.22 Å². The van der Waals surface area contributed by atoms with Gasteiger partial charge in [-0.15, -0.1) is 12.8 Å². The van der Waals surface area contributed by atoms with Crippen molar-refractivity contribution >= 4 is 23.6 Å². The van der Waals surface area contributed by atoms with Crippen molar-refractivity contribution in [2.45, 2.75) is 0 Å². The number of hydrogen-bond donors (Lipinski definition) is 0. The number of allylic oxidation sites excluding steroid dienone is 6. The largest absolute Gasteiger partial charge is 2.00 e. The fourth-order valence-corrected chi connectivity index (χ4v) is 2.72. The van der Waals surface area contributed by atoms with Gasteiger partial charge in [0.2, 0.25) is 0 Å². The van der Waals surface area contributed by atoms with E-state index in [1.54, 1.807) is 17.7 Å². The Bertz CT molecular complexity index is 1220. The van der Waals surface area contributed by atoms with E-state index in [2.05, 4.69) is 29.3 Å². The molecule has 0 aliphatic heterocycles. The Labute approximate surface area is 180 Å². The summed E-state index contributed by atoms with van der Waals surface area (Å²) in [6, 6.07) is 10.1. The molecule has 4 nitrogen and oxygen atoms in total. The molecule has 0 saturated heterocycles. The molecule has 4 rings (SSSR count). The zero-order chi connectivity index (χ0) is 19.8. The van der Waals surface area contributed by atoms with Crippen LogP contribution in [0.3, 0.4) is 0 Å². The molecule has 142 valence electrons. The molecule has 2 radical (unpaired) electrons. The number of imidazole rings is 1. The van der Waals surface area contributed by atoms with Gasteiger partial charge < -0.3 is 9.98 Å². The standard InChI is InChI=1S/C19H13N4.C5H5.Fe/c1-23-18(13-21)17(12-20)22-19(23)11-8-14-6-9-16(10-7-14)15-4-2-3-5-15;1-2-4-5-3-1;/h2-11H,1H3;1-5H;/q2*-1;+2/b19-11-;;. The van der Waals surface area contributed by atoms with E-state index in [9.17, 15) is 0 Å². The van der Waals surface area contributed by atoms with Crippen LogP contribution >= 0.6 is 0 Å². The molecule has 0 fully saturated rings. The number of hydrogen-bond acceptors (Lipinski definition) is 2. The zero-order valence-corrected chi connectivity index (χ0v) is 16.9. The number of nitrogens with zero attached hydrogens (tertiary/aromatic N) is 4. The van der Waals surface area contributed by atoms with Crippen molar-refractivity contribution in [1.82, 2.24) is 9.55 Å². The molecule has 0 amide bonds. The first-order chi connectivity index (χ1) is 13.7. The van der Waals surface area contributed by atoms with E-state index in [-0.39, 0.29) is 28.1 Å². The van der Waals surface area contributed by atoms with Crippen molar-refractivity contribution < 1.29 is 17.1 Å². The fourth-order valence-electron chi connectivity index (χ4n) is 2.72. The maximum absolute atomic E-state index is 9.06.